The molecule has 0 atom stereocenters. The number of halogens is 2. The maximum absolute atomic E-state index is 6.46. The minimum atomic E-state index is 0.505. The highest BCUT2D eigenvalue weighted by Gasteiger charge is 2.17. The van der Waals surface area contributed by atoms with E-state index in [1.54, 1.807) is 4.52 Å². The number of pyridine rings is 1. The number of nitrogens with zero attached hydrogens (tertiary/aromatic N) is 4. The molecular weight excluding hydrogens is 295 g/mol. The fourth-order valence-electron chi connectivity index (χ4n) is 2.54. The molecular formula is C14H14Cl2N4. The predicted molar refractivity (Wildman–Crippen MR) is 81.9 cm³/mol. The maximum Gasteiger partial charge on any atom is 0.184 e. The molecule has 0 aliphatic carbocycles. The second-order valence-corrected chi connectivity index (χ2v) is 5.66. The summed E-state index contributed by atoms with van der Waals surface area (Å²) in [5.74, 6) is 0.505. The number of rotatable bonds is 2. The molecule has 0 spiro atoms. The SMILES string of the molecule is Cc1cc(C)c2c(n1)nn1c(Cl)c(CCCl)c(C)nc21. The van der Waals surface area contributed by atoms with Crippen molar-refractivity contribution in [3.05, 3.63) is 33.7 Å². The third-order valence-corrected chi connectivity index (χ3v) is 4.01. The minimum Gasteiger partial charge on any atom is -0.233 e. The van der Waals surface area contributed by atoms with Crippen LogP contribution in [0.1, 0.15) is 22.5 Å². The minimum absolute atomic E-state index is 0.505. The molecule has 0 aliphatic heterocycles. The van der Waals surface area contributed by atoms with Crippen molar-refractivity contribution in [3.63, 3.8) is 0 Å². The lowest BCUT2D eigenvalue weighted by Gasteiger charge is -2.07. The van der Waals surface area contributed by atoms with Crippen LogP contribution in [-0.2, 0) is 6.42 Å². The Hall–Kier alpha value is -1.39. The second kappa shape index (κ2) is 4.86. The van der Waals surface area contributed by atoms with E-state index in [1.807, 2.05) is 26.8 Å². The number of hydrogen-bond acceptors (Lipinski definition) is 3. The van der Waals surface area contributed by atoms with E-state index in [2.05, 4.69) is 15.1 Å². The van der Waals surface area contributed by atoms with Crippen LogP contribution >= 0.6 is 23.2 Å². The van der Waals surface area contributed by atoms with Crippen LogP contribution in [0.2, 0.25) is 5.15 Å². The standard InChI is InChI=1S/C14H14Cl2N4/c1-7-6-8(2)17-13-11(7)14-18-9(3)10(4-5-15)12(16)20(14)19-13/h6H,4-5H2,1-3H3. The van der Waals surface area contributed by atoms with Gasteiger partial charge in [-0.25, -0.2) is 14.5 Å². The van der Waals surface area contributed by atoms with Crippen molar-refractivity contribution in [3.8, 4) is 0 Å². The van der Waals surface area contributed by atoms with Crippen LogP contribution in [0.3, 0.4) is 0 Å². The van der Waals surface area contributed by atoms with Gasteiger partial charge in [0.1, 0.15) is 5.15 Å². The van der Waals surface area contributed by atoms with Crippen LogP contribution in [0.15, 0.2) is 6.07 Å². The zero-order valence-corrected chi connectivity index (χ0v) is 13.0. The molecule has 0 saturated heterocycles. The van der Waals surface area contributed by atoms with Crippen LogP contribution < -0.4 is 0 Å². The number of hydrogen-bond donors (Lipinski definition) is 0. The van der Waals surface area contributed by atoms with E-state index in [0.717, 1.165) is 33.5 Å². The molecule has 3 rings (SSSR count). The smallest absolute Gasteiger partial charge is 0.184 e. The van der Waals surface area contributed by atoms with E-state index in [-0.39, 0.29) is 0 Å². The summed E-state index contributed by atoms with van der Waals surface area (Å²) in [5, 5.41) is 6.02. The van der Waals surface area contributed by atoms with Gasteiger partial charge in [-0.3, -0.25) is 0 Å². The van der Waals surface area contributed by atoms with Crippen molar-refractivity contribution in [2.24, 2.45) is 0 Å². The molecule has 0 unspecified atom stereocenters. The largest absolute Gasteiger partial charge is 0.233 e. The second-order valence-electron chi connectivity index (χ2n) is 4.92. The van der Waals surface area contributed by atoms with Crippen molar-refractivity contribution >= 4 is 39.9 Å². The molecule has 0 aliphatic rings. The molecule has 0 aromatic carbocycles. The fourth-order valence-corrected chi connectivity index (χ4v) is 3.07. The average Bonchev–Trinajstić information content (AvgIpc) is 2.73. The third kappa shape index (κ3) is 1.95. The Labute approximate surface area is 126 Å². The first kappa shape index (κ1) is 13.6. The highest BCUT2D eigenvalue weighted by atomic mass is 35.5. The van der Waals surface area contributed by atoms with Crippen LogP contribution in [0.4, 0.5) is 0 Å². The van der Waals surface area contributed by atoms with E-state index in [4.69, 9.17) is 23.2 Å². The van der Waals surface area contributed by atoms with Gasteiger partial charge in [-0.05, 0) is 38.8 Å². The summed E-state index contributed by atoms with van der Waals surface area (Å²) in [6, 6.07) is 2.03. The summed E-state index contributed by atoms with van der Waals surface area (Å²) in [4.78, 5) is 9.11. The van der Waals surface area contributed by atoms with Crippen molar-refractivity contribution in [1.82, 2.24) is 19.6 Å². The molecule has 6 heteroatoms. The zero-order valence-electron chi connectivity index (χ0n) is 11.5. The third-order valence-electron chi connectivity index (χ3n) is 3.43. The Kier molecular flexibility index (Phi) is 3.30. The Morgan fingerprint density at radius 1 is 1.20 bits per heavy atom. The van der Waals surface area contributed by atoms with E-state index < -0.39 is 0 Å². The predicted octanol–water partition coefficient (Wildman–Crippen LogP) is 3.64. The Balaban J connectivity index is 2.45. The Morgan fingerprint density at radius 3 is 2.65 bits per heavy atom. The number of alkyl halides is 1. The van der Waals surface area contributed by atoms with Gasteiger partial charge in [0.05, 0.1) is 5.39 Å². The van der Waals surface area contributed by atoms with Gasteiger partial charge < -0.3 is 0 Å². The quantitative estimate of drug-likeness (QED) is 0.536. The van der Waals surface area contributed by atoms with Gasteiger partial charge in [-0.2, -0.15) is 0 Å². The highest BCUT2D eigenvalue weighted by Crippen LogP contribution is 2.27. The van der Waals surface area contributed by atoms with Crippen LogP contribution in [0.5, 0.6) is 0 Å². The van der Waals surface area contributed by atoms with E-state index in [9.17, 15) is 0 Å². The molecule has 3 heterocycles. The molecule has 4 nitrogen and oxygen atoms in total. The first-order chi connectivity index (χ1) is 9.52. The lowest BCUT2D eigenvalue weighted by atomic mass is 10.1. The number of aromatic nitrogens is 4. The van der Waals surface area contributed by atoms with Crippen molar-refractivity contribution in [2.45, 2.75) is 27.2 Å². The first-order valence-electron chi connectivity index (χ1n) is 6.40. The summed E-state index contributed by atoms with van der Waals surface area (Å²) >= 11 is 12.3. The molecule has 3 aromatic rings. The topological polar surface area (TPSA) is 43.1 Å². The summed E-state index contributed by atoms with van der Waals surface area (Å²) in [6.07, 6.45) is 0.677. The van der Waals surface area contributed by atoms with Crippen LogP contribution in [0.25, 0.3) is 16.7 Å². The molecule has 0 N–H and O–H groups in total. The number of aryl methyl sites for hydroxylation is 3. The number of fused-ring (bicyclic) bond motifs is 3. The van der Waals surface area contributed by atoms with E-state index >= 15 is 0 Å². The first-order valence-corrected chi connectivity index (χ1v) is 7.31. The Bertz CT molecular complexity index is 823. The normalized spacial score (nSPS) is 11.7. The van der Waals surface area contributed by atoms with Crippen molar-refractivity contribution < 1.29 is 0 Å². The van der Waals surface area contributed by atoms with Gasteiger partial charge in [0.15, 0.2) is 11.3 Å². The maximum atomic E-state index is 6.46. The molecule has 0 bridgehead atoms. The van der Waals surface area contributed by atoms with Crippen molar-refractivity contribution in [2.75, 3.05) is 5.88 Å². The molecule has 0 radical (unpaired) electrons. The lowest BCUT2D eigenvalue weighted by Crippen LogP contribution is -2.03. The zero-order chi connectivity index (χ0) is 14.4. The summed E-state index contributed by atoms with van der Waals surface area (Å²) in [6.45, 7) is 5.94. The molecule has 0 fully saturated rings. The van der Waals surface area contributed by atoms with Crippen LogP contribution in [0, 0.1) is 20.8 Å². The summed E-state index contributed by atoms with van der Waals surface area (Å²) in [7, 11) is 0. The van der Waals surface area contributed by atoms with Gasteiger partial charge in [0.25, 0.3) is 0 Å². The average molecular weight is 309 g/mol. The summed E-state index contributed by atoms with van der Waals surface area (Å²) < 4.78 is 1.67. The Morgan fingerprint density at radius 2 is 1.95 bits per heavy atom. The van der Waals surface area contributed by atoms with Gasteiger partial charge in [0.2, 0.25) is 0 Å². The lowest BCUT2D eigenvalue weighted by molar-refractivity contribution is 0.902. The van der Waals surface area contributed by atoms with Crippen LogP contribution in [-0.4, -0.2) is 25.5 Å². The van der Waals surface area contributed by atoms with Gasteiger partial charge in [-0.15, -0.1) is 16.7 Å². The fraction of sp³-hybridized carbons (Fsp3) is 0.357. The molecule has 0 amide bonds. The van der Waals surface area contributed by atoms with Gasteiger partial charge in [0, 0.05) is 22.8 Å². The molecule has 104 valence electrons. The highest BCUT2D eigenvalue weighted by molar-refractivity contribution is 6.30. The molecule has 0 saturated carbocycles. The monoisotopic (exact) mass is 308 g/mol. The van der Waals surface area contributed by atoms with Gasteiger partial charge in [-0.1, -0.05) is 11.6 Å². The summed E-state index contributed by atoms with van der Waals surface area (Å²) in [5.41, 5.74) is 5.31. The van der Waals surface area contributed by atoms with Gasteiger partial charge >= 0.3 is 0 Å². The van der Waals surface area contributed by atoms with E-state index in [1.165, 1.54) is 0 Å². The molecule has 20 heavy (non-hydrogen) atoms. The molecule has 3 aromatic heterocycles. The van der Waals surface area contributed by atoms with E-state index in [0.29, 0.717) is 23.1 Å². The van der Waals surface area contributed by atoms with Crippen molar-refractivity contribution in [1.29, 1.82) is 0 Å².